The largest absolute Gasteiger partial charge is 0.349 e. The van der Waals surface area contributed by atoms with Gasteiger partial charge in [0, 0.05) is 5.69 Å². The first-order valence-corrected chi connectivity index (χ1v) is 8.80. The molecule has 2 N–H and O–H groups in total. The van der Waals surface area contributed by atoms with Gasteiger partial charge < -0.3 is 10.3 Å². The Labute approximate surface area is 150 Å². The number of hydrogen-bond acceptors (Lipinski definition) is 5. The Hall–Kier alpha value is -2.59. The molecule has 25 heavy (non-hydrogen) atoms. The molecule has 6 nitrogen and oxygen atoms in total. The third-order valence-electron chi connectivity index (χ3n) is 3.95. The Morgan fingerprint density at radius 1 is 1.36 bits per heavy atom. The summed E-state index contributed by atoms with van der Waals surface area (Å²) < 4.78 is 0. The zero-order valence-corrected chi connectivity index (χ0v) is 15.5. The van der Waals surface area contributed by atoms with Crippen LogP contribution < -0.4 is 11.0 Å². The van der Waals surface area contributed by atoms with Crippen LogP contribution in [0.2, 0.25) is 0 Å². The molecule has 1 amide bonds. The second-order valence-corrected chi connectivity index (χ2v) is 6.84. The molecule has 1 aromatic carbocycles. The van der Waals surface area contributed by atoms with Gasteiger partial charge in [-0.05, 0) is 44.4 Å². The maximum Gasteiger partial charge on any atom is 0.346 e. The smallest absolute Gasteiger partial charge is 0.346 e. The Bertz CT molecular complexity index is 899. The minimum atomic E-state index is -0.525. The molecule has 0 fully saturated rings. The minimum absolute atomic E-state index is 0.0831. The molecule has 0 aliphatic carbocycles. The molecule has 1 atom stereocenters. The third-order valence-corrected chi connectivity index (χ3v) is 4.92. The molecule has 7 heteroatoms. The van der Waals surface area contributed by atoms with Crippen molar-refractivity contribution in [1.29, 1.82) is 5.26 Å². The van der Waals surface area contributed by atoms with E-state index in [9.17, 15) is 14.9 Å². The number of hydrogen-bond donors (Lipinski definition) is 2. The van der Waals surface area contributed by atoms with Crippen LogP contribution in [0.3, 0.4) is 0 Å². The van der Waals surface area contributed by atoms with E-state index in [0.717, 1.165) is 17.3 Å². The lowest BCUT2D eigenvalue weighted by Gasteiger charge is -2.15. The summed E-state index contributed by atoms with van der Waals surface area (Å²) in [5, 5.41) is 12.4. The molecule has 0 aliphatic rings. The van der Waals surface area contributed by atoms with Gasteiger partial charge in [0.25, 0.3) is 0 Å². The third kappa shape index (κ3) is 4.70. The highest BCUT2D eigenvalue weighted by Crippen LogP contribution is 2.21. The second-order valence-electron chi connectivity index (χ2n) is 5.88. The van der Waals surface area contributed by atoms with E-state index in [1.165, 1.54) is 11.1 Å². The lowest BCUT2D eigenvalue weighted by atomic mass is 10.0. The number of rotatable bonds is 5. The fraction of sp³-hybridized carbons (Fsp3) is 0.333. The van der Waals surface area contributed by atoms with E-state index < -0.39 is 5.69 Å². The average Bonchev–Trinajstić information content (AvgIpc) is 2.55. The minimum Gasteiger partial charge on any atom is -0.349 e. The van der Waals surface area contributed by atoms with Crippen molar-refractivity contribution >= 4 is 17.7 Å². The number of benzene rings is 1. The number of carbonyl (C=O) groups is 1. The topological polar surface area (TPSA) is 98.6 Å². The molecule has 2 aromatic rings. The summed E-state index contributed by atoms with van der Waals surface area (Å²) in [6, 6.07) is 7.97. The van der Waals surface area contributed by atoms with Crippen molar-refractivity contribution in [3.63, 3.8) is 0 Å². The average molecular weight is 356 g/mol. The summed E-state index contributed by atoms with van der Waals surface area (Å²) in [6.45, 7) is 7.63. The molecule has 1 aromatic heterocycles. The van der Waals surface area contributed by atoms with Gasteiger partial charge in [-0.25, -0.2) is 4.79 Å². The number of aryl methyl sites for hydroxylation is 3. The van der Waals surface area contributed by atoms with Crippen LogP contribution in [-0.2, 0) is 4.79 Å². The van der Waals surface area contributed by atoms with E-state index in [1.807, 2.05) is 39.0 Å². The molecule has 1 unspecified atom stereocenters. The fourth-order valence-electron chi connectivity index (χ4n) is 2.33. The molecule has 0 saturated heterocycles. The molecule has 0 aliphatic heterocycles. The van der Waals surface area contributed by atoms with Gasteiger partial charge in [-0.15, -0.1) is 0 Å². The maximum absolute atomic E-state index is 12.2. The Morgan fingerprint density at radius 2 is 2.08 bits per heavy atom. The number of nitriles is 1. The van der Waals surface area contributed by atoms with Gasteiger partial charge in [-0.1, -0.05) is 30.0 Å². The molecule has 0 radical (unpaired) electrons. The number of nitrogens with one attached hydrogen (secondary N) is 2. The monoisotopic (exact) mass is 356 g/mol. The second kappa shape index (κ2) is 7.99. The van der Waals surface area contributed by atoms with Crippen LogP contribution in [0.25, 0.3) is 0 Å². The van der Waals surface area contributed by atoms with Crippen molar-refractivity contribution in [2.45, 2.75) is 38.8 Å². The summed E-state index contributed by atoms with van der Waals surface area (Å²) in [7, 11) is 0. The van der Waals surface area contributed by atoms with Gasteiger partial charge in [0.15, 0.2) is 0 Å². The number of amides is 1. The van der Waals surface area contributed by atoms with Gasteiger partial charge in [0.2, 0.25) is 5.91 Å². The van der Waals surface area contributed by atoms with E-state index in [2.05, 4.69) is 21.4 Å². The van der Waals surface area contributed by atoms with Gasteiger partial charge in [-0.3, -0.25) is 4.79 Å². The highest BCUT2D eigenvalue weighted by atomic mass is 32.2. The van der Waals surface area contributed by atoms with Crippen molar-refractivity contribution in [2.75, 3.05) is 5.75 Å². The molecule has 0 spiro atoms. The van der Waals surface area contributed by atoms with E-state index in [4.69, 9.17) is 0 Å². The number of aromatic nitrogens is 2. The lowest BCUT2D eigenvalue weighted by molar-refractivity contribution is -0.119. The summed E-state index contributed by atoms with van der Waals surface area (Å²) in [4.78, 5) is 29.9. The number of nitrogens with zero attached hydrogens (tertiary/aromatic N) is 2. The predicted molar refractivity (Wildman–Crippen MR) is 97.5 cm³/mol. The molecule has 0 saturated carbocycles. The number of carbonyl (C=O) groups excluding carboxylic acids is 1. The predicted octanol–water partition coefficient (Wildman–Crippen LogP) is 2.54. The first-order valence-electron chi connectivity index (χ1n) is 7.82. The quantitative estimate of drug-likeness (QED) is 0.633. The van der Waals surface area contributed by atoms with Crippen molar-refractivity contribution in [1.82, 2.24) is 15.3 Å². The van der Waals surface area contributed by atoms with Gasteiger partial charge in [0.1, 0.15) is 16.7 Å². The van der Waals surface area contributed by atoms with Gasteiger partial charge >= 0.3 is 5.69 Å². The van der Waals surface area contributed by atoms with E-state index >= 15 is 0 Å². The summed E-state index contributed by atoms with van der Waals surface area (Å²) >= 11 is 1.09. The molecular formula is C18H20N4O2S. The van der Waals surface area contributed by atoms with E-state index in [1.54, 1.807) is 6.92 Å². The normalized spacial score (nSPS) is 11.6. The lowest BCUT2D eigenvalue weighted by Crippen LogP contribution is -2.28. The summed E-state index contributed by atoms with van der Waals surface area (Å²) in [5.74, 6) is -0.0981. The number of thioether (sulfide) groups is 1. The van der Waals surface area contributed by atoms with E-state index in [0.29, 0.717) is 11.3 Å². The van der Waals surface area contributed by atoms with Crippen molar-refractivity contribution in [2.24, 2.45) is 0 Å². The van der Waals surface area contributed by atoms with E-state index in [-0.39, 0.29) is 22.7 Å². The Morgan fingerprint density at radius 3 is 2.72 bits per heavy atom. The maximum atomic E-state index is 12.2. The van der Waals surface area contributed by atoms with Crippen LogP contribution >= 0.6 is 11.8 Å². The SMILES string of the molecule is Cc1ccc(C(C)NC(=O)CSc2nc(=O)[nH]c(C)c2C#N)cc1C. The van der Waals surface area contributed by atoms with Crippen LogP contribution in [-0.4, -0.2) is 21.6 Å². The Balaban J connectivity index is 2.03. The Kier molecular flexibility index (Phi) is 5.99. The molecule has 1 heterocycles. The van der Waals surface area contributed by atoms with Crippen molar-refractivity contribution < 1.29 is 4.79 Å². The van der Waals surface area contributed by atoms with Crippen LogP contribution in [0.4, 0.5) is 0 Å². The number of H-pyrrole nitrogens is 1. The highest BCUT2D eigenvalue weighted by Gasteiger charge is 2.14. The highest BCUT2D eigenvalue weighted by molar-refractivity contribution is 8.00. The summed E-state index contributed by atoms with van der Waals surface area (Å²) in [6.07, 6.45) is 0. The van der Waals surface area contributed by atoms with Crippen molar-refractivity contribution in [3.05, 3.63) is 56.6 Å². The standard InChI is InChI=1S/C18H20N4O2S/c1-10-5-6-14(7-11(10)2)12(3)20-16(23)9-25-17-15(8-19)13(4)21-18(24)22-17/h5-7,12H,9H2,1-4H3,(H,20,23)(H,21,22,24). The van der Waals surface area contributed by atoms with Crippen LogP contribution in [0, 0.1) is 32.1 Å². The van der Waals surface area contributed by atoms with Crippen LogP contribution in [0.15, 0.2) is 28.0 Å². The molecule has 130 valence electrons. The molecule has 0 bridgehead atoms. The first kappa shape index (κ1) is 18.7. The fourth-order valence-corrected chi connectivity index (χ4v) is 3.17. The molecular weight excluding hydrogens is 336 g/mol. The zero-order chi connectivity index (χ0) is 18.6. The number of aromatic amines is 1. The van der Waals surface area contributed by atoms with Crippen molar-refractivity contribution in [3.8, 4) is 6.07 Å². The molecule has 2 rings (SSSR count). The summed E-state index contributed by atoms with van der Waals surface area (Å²) in [5.41, 5.74) is 3.63. The van der Waals surface area contributed by atoms with Gasteiger partial charge in [-0.2, -0.15) is 10.2 Å². The van der Waals surface area contributed by atoms with Crippen LogP contribution in [0.1, 0.15) is 40.9 Å². The van der Waals surface area contributed by atoms with Crippen LogP contribution in [0.5, 0.6) is 0 Å². The van der Waals surface area contributed by atoms with Gasteiger partial charge in [0.05, 0.1) is 11.8 Å². The first-order chi connectivity index (χ1) is 11.8. The zero-order valence-electron chi connectivity index (χ0n) is 14.6.